The molecule has 8 heteroatoms. The topological polar surface area (TPSA) is 82.1 Å². The molecule has 0 saturated carbocycles. The minimum atomic E-state index is -3.96. The Morgan fingerprint density at radius 1 is 0.952 bits per heavy atom. The van der Waals surface area contributed by atoms with Crippen LogP contribution in [-0.4, -0.2) is 30.5 Å². The molecule has 0 spiro atoms. The molecule has 2 atom stereocenters. The monoisotopic (exact) mass is 336 g/mol. The van der Waals surface area contributed by atoms with Crippen LogP contribution < -0.4 is 5.30 Å². The molecule has 1 aromatic carbocycles. The van der Waals surface area contributed by atoms with Gasteiger partial charge in [-0.05, 0) is 32.9 Å². The van der Waals surface area contributed by atoms with Crippen molar-refractivity contribution in [1.29, 1.82) is 0 Å². The van der Waals surface area contributed by atoms with Gasteiger partial charge in [0, 0.05) is 5.30 Å². The predicted octanol–water partition coefficient (Wildman–Crippen LogP) is 3.17. The van der Waals surface area contributed by atoms with Crippen molar-refractivity contribution in [3.63, 3.8) is 0 Å². The van der Waals surface area contributed by atoms with E-state index in [1.165, 1.54) is 0 Å². The molecule has 0 aliphatic rings. The molecule has 0 aliphatic carbocycles. The first-order valence-corrected chi connectivity index (χ1v) is 10.1. The van der Waals surface area contributed by atoms with Crippen LogP contribution in [0.5, 0.6) is 0 Å². The molecule has 0 bridgehead atoms. The number of hydrogen-bond acceptors (Lipinski definition) is 6. The SMILES string of the molecule is CCOP(=O)(OCC)C(O)P(=O)(OCC)c1ccccc1. The molecular formula is C13H22O6P2. The number of aliphatic hydroxyl groups is 1. The summed E-state index contributed by atoms with van der Waals surface area (Å²) in [7, 11) is -7.76. The molecule has 21 heavy (non-hydrogen) atoms. The number of benzene rings is 1. The maximum absolute atomic E-state index is 13.1. The van der Waals surface area contributed by atoms with Crippen molar-refractivity contribution in [1.82, 2.24) is 0 Å². The van der Waals surface area contributed by atoms with Crippen molar-refractivity contribution in [3.8, 4) is 0 Å². The molecule has 1 N–H and O–H groups in total. The summed E-state index contributed by atoms with van der Waals surface area (Å²) >= 11 is 0. The summed E-state index contributed by atoms with van der Waals surface area (Å²) in [5.74, 6) is 0. The van der Waals surface area contributed by atoms with E-state index in [4.69, 9.17) is 13.6 Å². The van der Waals surface area contributed by atoms with E-state index in [0.29, 0.717) is 0 Å². The van der Waals surface area contributed by atoms with E-state index in [9.17, 15) is 14.2 Å². The Hall–Kier alpha value is -0.480. The first-order valence-electron chi connectivity index (χ1n) is 6.81. The molecular weight excluding hydrogens is 314 g/mol. The van der Waals surface area contributed by atoms with Gasteiger partial charge in [0.25, 0.3) is 7.37 Å². The lowest BCUT2D eigenvalue weighted by molar-refractivity contribution is 0.170. The Bertz CT molecular complexity index is 509. The highest BCUT2D eigenvalue weighted by Crippen LogP contribution is 2.67. The van der Waals surface area contributed by atoms with Gasteiger partial charge in [0.1, 0.15) is 0 Å². The Labute approximate surface area is 125 Å². The summed E-state index contributed by atoms with van der Waals surface area (Å²) in [6.07, 6.45) is 0. The Kier molecular flexibility index (Phi) is 7.28. The van der Waals surface area contributed by atoms with Gasteiger partial charge in [-0.2, -0.15) is 0 Å². The highest BCUT2D eigenvalue weighted by atomic mass is 31.2. The Morgan fingerprint density at radius 2 is 1.43 bits per heavy atom. The second-order valence-electron chi connectivity index (χ2n) is 4.07. The third-order valence-electron chi connectivity index (χ3n) is 2.64. The summed E-state index contributed by atoms with van der Waals surface area (Å²) in [6.45, 7) is 5.11. The van der Waals surface area contributed by atoms with Gasteiger partial charge in [0.15, 0.2) is 0 Å². The van der Waals surface area contributed by atoms with Crippen molar-refractivity contribution in [2.75, 3.05) is 19.8 Å². The van der Waals surface area contributed by atoms with Crippen molar-refractivity contribution < 1.29 is 27.8 Å². The zero-order valence-electron chi connectivity index (χ0n) is 12.5. The lowest BCUT2D eigenvalue weighted by Crippen LogP contribution is -2.22. The highest BCUT2D eigenvalue weighted by Gasteiger charge is 2.49. The van der Waals surface area contributed by atoms with Crippen molar-refractivity contribution in [2.45, 2.75) is 26.4 Å². The van der Waals surface area contributed by atoms with Gasteiger partial charge in [0.2, 0.25) is 5.59 Å². The number of hydrogen-bond donors (Lipinski definition) is 1. The van der Waals surface area contributed by atoms with Crippen LogP contribution in [0.15, 0.2) is 30.3 Å². The van der Waals surface area contributed by atoms with E-state index in [1.54, 1.807) is 51.1 Å². The maximum Gasteiger partial charge on any atom is 0.369 e. The first kappa shape index (κ1) is 18.6. The standard InChI is InChI=1S/C13H22O6P2/c1-4-17-20(15,12-10-8-7-9-11-12)13(14)21(16,18-5-2)19-6-3/h7-11,13-14H,4-6H2,1-3H3. The van der Waals surface area contributed by atoms with Gasteiger partial charge in [-0.1, -0.05) is 18.2 Å². The lowest BCUT2D eigenvalue weighted by atomic mass is 10.4. The van der Waals surface area contributed by atoms with Crippen LogP contribution in [0.3, 0.4) is 0 Å². The smallest absolute Gasteiger partial charge is 0.369 e. The average Bonchev–Trinajstić information content (AvgIpc) is 2.48. The summed E-state index contributed by atoms with van der Waals surface area (Å²) in [5.41, 5.74) is -1.85. The molecule has 0 amide bonds. The Morgan fingerprint density at radius 3 is 1.86 bits per heavy atom. The summed E-state index contributed by atoms with van der Waals surface area (Å²) in [5, 5.41) is 10.7. The van der Waals surface area contributed by atoms with Gasteiger partial charge in [-0.15, -0.1) is 0 Å². The Balaban J connectivity index is 3.26. The van der Waals surface area contributed by atoms with Crippen LogP contribution in [-0.2, 0) is 22.7 Å². The molecule has 6 nitrogen and oxygen atoms in total. The van der Waals surface area contributed by atoms with Gasteiger partial charge in [0.05, 0.1) is 19.8 Å². The van der Waals surface area contributed by atoms with Crippen LogP contribution in [0, 0.1) is 0 Å². The van der Waals surface area contributed by atoms with Gasteiger partial charge < -0.3 is 18.7 Å². The molecule has 0 saturated heterocycles. The van der Waals surface area contributed by atoms with E-state index in [-0.39, 0.29) is 25.1 Å². The fourth-order valence-electron chi connectivity index (χ4n) is 1.82. The molecule has 1 aromatic rings. The van der Waals surface area contributed by atoms with Crippen LogP contribution in [0.2, 0.25) is 0 Å². The minimum absolute atomic E-state index is 0.0647. The summed E-state index contributed by atoms with van der Waals surface area (Å²) in [4.78, 5) is 0. The van der Waals surface area contributed by atoms with Crippen LogP contribution >= 0.6 is 15.0 Å². The van der Waals surface area contributed by atoms with Crippen molar-refractivity contribution >= 4 is 20.3 Å². The van der Waals surface area contributed by atoms with Gasteiger partial charge in [-0.3, -0.25) is 9.13 Å². The van der Waals surface area contributed by atoms with Gasteiger partial charge >= 0.3 is 7.60 Å². The second kappa shape index (κ2) is 8.23. The fourth-order valence-corrected chi connectivity index (χ4v) is 6.89. The molecule has 0 aliphatic heterocycles. The summed E-state index contributed by atoms with van der Waals surface area (Å²) in [6, 6.07) is 8.20. The average molecular weight is 336 g/mol. The normalized spacial score (nSPS) is 16.4. The molecule has 1 rings (SSSR count). The molecule has 0 radical (unpaired) electrons. The van der Waals surface area contributed by atoms with E-state index in [0.717, 1.165) is 0 Å². The zero-order valence-corrected chi connectivity index (χ0v) is 14.3. The fraction of sp³-hybridized carbons (Fsp3) is 0.538. The van der Waals surface area contributed by atoms with E-state index in [1.807, 2.05) is 0 Å². The van der Waals surface area contributed by atoms with Crippen LogP contribution in [0.4, 0.5) is 0 Å². The van der Waals surface area contributed by atoms with E-state index < -0.39 is 20.6 Å². The third kappa shape index (κ3) is 4.26. The predicted molar refractivity (Wildman–Crippen MR) is 82.2 cm³/mol. The van der Waals surface area contributed by atoms with Crippen LogP contribution in [0.25, 0.3) is 0 Å². The second-order valence-corrected chi connectivity index (χ2v) is 9.02. The van der Waals surface area contributed by atoms with Crippen LogP contribution in [0.1, 0.15) is 20.8 Å². The van der Waals surface area contributed by atoms with Gasteiger partial charge in [-0.25, -0.2) is 0 Å². The maximum atomic E-state index is 13.1. The quantitative estimate of drug-likeness (QED) is 0.698. The highest BCUT2D eigenvalue weighted by molar-refractivity contribution is 7.79. The lowest BCUT2D eigenvalue weighted by Gasteiger charge is -2.28. The van der Waals surface area contributed by atoms with E-state index in [2.05, 4.69) is 0 Å². The zero-order chi connectivity index (χ0) is 15.9. The molecule has 0 aromatic heterocycles. The molecule has 0 heterocycles. The molecule has 0 fully saturated rings. The first-order chi connectivity index (χ1) is 9.94. The molecule has 2 unspecified atom stereocenters. The van der Waals surface area contributed by atoms with E-state index >= 15 is 0 Å². The van der Waals surface area contributed by atoms with Crippen molar-refractivity contribution in [3.05, 3.63) is 30.3 Å². The summed E-state index contributed by atoms with van der Waals surface area (Å²) < 4.78 is 41.2. The number of aliphatic hydroxyl groups excluding tert-OH is 1. The molecule has 120 valence electrons. The number of rotatable bonds is 9. The third-order valence-corrected chi connectivity index (χ3v) is 8.47. The minimum Gasteiger partial charge on any atom is -0.372 e. The largest absolute Gasteiger partial charge is 0.372 e. The van der Waals surface area contributed by atoms with Crippen molar-refractivity contribution in [2.24, 2.45) is 0 Å².